The van der Waals surface area contributed by atoms with Crippen molar-refractivity contribution in [2.45, 2.75) is 70.3 Å². The van der Waals surface area contributed by atoms with Crippen molar-refractivity contribution in [3.8, 4) is 0 Å². The van der Waals surface area contributed by atoms with Crippen molar-refractivity contribution in [2.75, 3.05) is 0 Å². The SMILES string of the molecule is C[C@@H]1Cc2c(C(=O)NC3CC4(CC(O)C4)C3)n[nH]c2[C@H](C)O1. The van der Waals surface area contributed by atoms with E-state index < -0.39 is 0 Å². The van der Waals surface area contributed by atoms with Crippen molar-refractivity contribution in [3.63, 3.8) is 0 Å². The van der Waals surface area contributed by atoms with Crippen LogP contribution in [0, 0.1) is 5.41 Å². The number of nitrogens with zero attached hydrogens (tertiary/aromatic N) is 1. The van der Waals surface area contributed by atoms with Crippen LogP contribution in [-0.2, 0) is 11.2 Å². The average Bonchev–Trinajstić information content (AvgIpc) is 2.78. The molecule has 2 fully saturated rings. The summed E-state index contributed by atoms with van der Waals surface area (Å²) in [4.78, 5) is 12.5. The van der Waals surface area contributed by atoms with Gasteiger partial charge in [-0.2, -0.15) is 5.10 Å². The molecule has 2 saturated carbocycles. The number of hydrogen-bond donors (Lipinski definition) is 3. The molecule has 3 N–H and O–H groups in total. The van der Waals surface area contributed by atoms with E-state index in [0.717, 1.165) is 43.4 Å². The van der Waals surface area contributed by atoms with Gasteiger partial charge in [0.25, 0.3) is 5.91 Å². The van der Waals surface area contributed by atoms with Crippen molar-refractivity contribution in [1.82, 2.24) is 15.5 Å². The van der Waals surface area contributed by atoms with Gasteiger partial charge >= 0.3 is 0 Å². The number of fused-ring (bicyclic) bond motifs is 1. The van der Waals surface area contributed by atoms with Crippen LogP contribution in [-0.4, -0.2) is 39.5 Å². The Bertz CT molecular complexity index is 598. The standard InChI is InChI=1S/C16H23N3O3/c1-8-3-12-13(9(2)22-8)18-19-14(12)15(21)17-10-4-16(5-10)6-11(20)7-16/h8-11,20H,3-7H2,1-2H3,(H,17,21)(H,18,19)/t8-,9+,10?,11?,16?/m1/s1. The highest BCUT2D eigenvalue weighted by molar-refractivity contribution is 5.94. The van der Waals surface area contributed by atoms with Crippen LogP contribution in [0.4, 0.5) is 0 Å². The second-order valence-corrected chi connectivity index (χ2v) is 7.40. The molecule has 2 aliphatic carbocycles. The Labute approximate surface area is 129 Å². The number of aromatic amines is 1. The minimum absolute atomic E-state index is 0.0452. The number of rotatable bonds is 2. The zero-order chi connectivity index (χ0) is 15.5. The van der Waals surface area contributed by atoms with Gasteiger partial charge in [-0.15, -0.1) is 0 Å². The van der Waals surface area contributed by atoms with Gasteiger partial charge in [-0.1, -0.05) is 0 Å². The van der Waals surface area contributed by atoms with Crippen LogP contribution in [0.3, 0.4) is 0 Å². The third-order valence-electron chi connectivity index (χ3n) is 5.48. The van der Waals surface area contributed by atoms with Crippen LogP contribution < -0.4 is 5.32 Å². The van der Waals surface area contributed by atoms with Gasteiger partial charge in [-0.25, -0.2) is 0 Å². The van der Waals surface area contributed by atoms with Gasteiger partial charge in [0.05, 0.1) is 24.0 Å². The zero-order valence-electron chi connectivity index (χ0n) is 13.1. The second-order valence-electron chi connectivity index (χ2n) is 7.40. The molecule has 0 unspecified atom stereocenters. The van der Waals surface area contributed by atoms with Crippen molar-refractivity contribution >= 4 is 5.91 Å². The topological polar surface area (TPSA) is 87.2 Å². The number of carbonyl (C=O) groups excluding carboxylic acids is 1. The number of carbonyl (C=O) groups is 1. The lowest BCUT2D eigenvalue weighted by molar-refractivity contribution is -0.0949. The number of aliphatic hydroxyl groups excluding tert-OH is 1. The minimum Gasteiger partial charge on any atom is -0.393 e. The van der Waals surface area contributed by atoms with Gasteiger partial charge in [0.1, 0.15) is 0 Å². The lowest BCUT2D eigenvalue weighted by Crippen LogP contribution is -2.57. The van der Waals surface area contributed by atoms with Crippen LogP contribution in [0.15, 0.2) is 0 Å². The monoisotopic (exact) mass is 305 g/mol. The van der Waals surface area contributed by atoms with Crippen molar-refractivity contribution in [3.05, 3.63) is 17.0 Å². The number of hydrogen-bond acceptors (Lipinski definition) is 4. The summed E-state index contributed by atoms with van der Waals surface area (Å²) in [5, 5.41) is 19.7. The molecule has 6 heteroatoms. The largest absolute Gasteiger partial charge is 0.393 e. The van der Waals surface area contributed by atoms with Crippen molar-refractivity contribution in [2.24, 2.45) is 5.41 Å². The maximum absolute atomic E-state index is 12.5. The summed E-state index contributed by atoms with van der Waals surface area (Å²) < 4.78 is 5.75. The Morgan fingerprint density at radius 3 is 2.77 bits per heavy atom. The molecule has 0 bridgehead atoms. The van der Waals surface area contributed by atoms with E-state index in [0.29, 0.717) is 11.1 Å². The lowest BCUT2D eigenvalue weighted by atomic mass is 9.53. The molecule has 6 nitrogen and oxygen atoms in total. The van der Waals surface area contributed by atoms with Crippen LogP contribution in [0.25, 0.3) is 0 Å². The fourth-order valence-electron chi connectivity index (χ4n) is 4.48. The normalized spacial score (nSPS) is 39.8. The number of nitrogens with one attached hydrogen (secondary N) is 2. The number of aromatic nitrogens is 2. The molecule has 0 saturated heterocycles. The Morgan fingerprint density at radius 1 is 1.36 bits per heavy atom. The summed E-state index contributed by atoms with van der Waals surface area (Å²) >= 11 is 0. The van der Waals surface area contributed by atoms with Crippen LogP contribution >= 0.6 is 0 Å². The maximum Gasteiger partial charge on any atom is 0.272 e. The van der Waals surface area contributed by atoms with E-state index in [1.165, 1.54) is 0 Å². The maximum atomic E-state index is 12.5. The lowest BCUT2D eigenvalue weighted by Gasteiger charge is -2.56. The molecule has 0 aromatic carbocycles. The number of amides is 1. The molecule has 0 radical (unpaired) electrons. The van der Waals surface area contributed by atoms with E-state index in [1.807, 2.05) is 13.8 Å². The zero-order valence-corrected chi connectivity index (χ0v) is 13.1. The van der Waals surface area contributed by atoms with Gasteiger partial charge in [0, 0.05) is 18.0 Å². The van der Waals surface area contributed by atoms with Crippen LogP contribution in [0.5, 0.6) is 0 Å². The van der Waals surface area contributed by atoms with Gasteiger partial charge in [0.15, 0.2) is 5.69 Å². The van der Waals surface area contributed by atoms with E-state index >= 15 is 0 Å². The molecule has 22 heavy (non-hydrogen) atoms. The summed E-state index contributed by atoms with van der Waals surface area (Å²) in [6.45, 7) is 4.00. The molecule has 1 aromatic heterocycles. The van der Waals surface area contributed by atoms with Crippen molar-refractivity contribution < 1.29 is 14.6 Å². The predicted molar refractivity (Wildman–Crippen MR) is 79.4 cm³/mol. The van der Waals surface area contributed by atoms with E-state index in [2.05, 4.69) is 15.5 Å². The van der Waals surface area contributed by atoms with Crippen LogP contribution in [0.1, 0.15) is 67.4 Å². The molecule has 1 aliphatic heterocycles. The number of aliphatic hydroxyl groups is 1. The highest BCUT2D eigenvalue weighted by Crippen LogP contribution is 2.55. The Morgan fingerprint density at radius 2 is 2.09 bits per heavy atom. The smallest absolute Gasteiger partial charge is 0.272 e. The summed E-state index contributed by atoms with van der Waals surface area (Å²) in [6.07, 6.45) is 4.41. The van der Waals surface area contributed by atoms with E-state index in [4.69, 9.17) is 4.74 Å². The first-order chi connectivity index (χ1) is 10.5. The quantitative estimate of drug-likeness (QED) is 0.772. The molecule has 3 aliphatic rings. The summed E-state index contributed by atoms with van der Waals surface area (Å²) in [5.74, 6) is -0.0847. The highest BCUT2D eigenvalue weighted by Gasteiger charge is 2.52. The predicted octanol–water partition coefficient (Wildman–Crippen LogP) is 1.47. The fraction of sp³-hybridized carbons (Fsp3) is 0.750. The van der Waals surface area contributed by atoms with Gasteiger partial charge in [-0.05, 0) is 44.9 Å². The van der Waals surface area contributed by atoms with Gasteiger partial charge in [-0.3, -0.25) is 9.89 Å². The third-order valence-corrected chi connectivity index (χ3v) is 5.48. The summed E-state index contributed by atoms with van der Waals surface area (Å²) in [5.41, 5.74) is 2.75. The first kappa shape index (κ1) is 14.2. The second kappa shape index (κ2) is 4.80. The Balaban J connectivity index is 1.42. The molecule has 2 atom stereocenters. The Hall–Kier alpha value is -1.40. The molecular weight excluding hydrogens is 282 g/mol. The summed E-state index contributed by atoms with van der Waals surface area (Å²) in [6, 6.07) is 0.224. The first-order valence-electron chi connectivity index (χ1n) is 8.17. The van der Waals surface area contributed by atoms with Crippen LogP contribution in [0.2, 0.25) is 0 Å². The third kappa shape index (κ3) is 2.16. The molecule has 1 amide bonds. The molecule has 120 valence electrons. The Kier molecular flexibility index (Phi) is 3.10. The number of ether oxygens (including phenoxy) is 1. The van der Waals surface area contributed by atoms with E-state index in [1.54, 1.807) is 0 Å². The minimum atomic E-state index is -0.127. The molecule has 4 rings (SSSR count). The summed E-state index contributed by atoms with van der Waals surface area (Å²) in [7, 11) is 0. The van der Waals surface area contributed by atoms with E-state index in [9.17, 15) is 9.90 Å². The molecular formula is C16H23N3O3. The fourth-order valence-corrected chi connectivity index (χ4v) is 4.48. The highest BCUT2D eigenvalue weighted by atomic mass is 16.5. The molecule has 1 spiro atoms. The van der Waals surface area contributed by atoms with Crippen molar-refractivity contribution in [1.29, 1.82) is 0 Å². The van der Waals surface area contributed by atoms with E-state index in [-0.39, 0.29) is 30.3 Å². The number of H-pyrrole nitrogens is 1. The average molecular weight is 305 g/mol. The first-order valence-corrected chi connectivity index (χ1v) is 8.17. The van der Waals surface area contributed by atoms with Gasteiger partial charge < -0.3 is 15.2 Å². The molecule has 2 heterocycles. The van der Waals surface area contributed by atoms with Gasteiger partial charge in [0.2, 0.25) is 0 Å². The molecule has 1 aromatic rings.